The van der Waals surface area contributed by atoms with E-state index in [9.17, 15) is 9.18 Å². The highest BCUT2D eigenvalue weighted by Crippen LogP contribution is 2.38. The highest BCUT2D eigenvalue weighted by atomic mass is 19.1. The predicted octanol–water partition coefficient (Wildman–Crippen LogP) is 3.56. The second kappa shape index (κ2) is 5.81. The van der Waals surface area contributed by atoms with Gasteiger partial charge in [0.1, 0.15) is 28.8 Å². The van der Waals surface area contributed by atoms with Gasteiger partial charge >= 0.3 is 0 Å². The molecule has 3 heterocycles. The van der Waals surface area contributed by atoms with Gasteiger partial charge in [-0.25, -0.2) is 9.37 Å². The second-order valence-electron chi connectivity index (χ2n) is 7.77. The first-order valence-corrected chi connectivity index (χ1v) is 8.69. The molecule has 1 saturated heterocycles. The van der Waals surface area contributed by atoms with Crippen molar-refractivity contribution >= 4 is 22.1 Å². The molecule has 4 rings (SSSR count). The zero-order valence-corrected chi connectivity index (χ0v) is 15.3. The van der Waals surface area contributed by atoms with Crippen LogP contribution in [0, 0.1) is 0 Å². The van der Waals surface area contributed by atoms with E-state index in [0.29, 0.717) is 41.0 Å². The van der Waals surface area contributed by atoms with Crippen LogP contribution in [-0.2, 0) is 0 Å². The number of ether oxygens (including phenoxy) is 1. The van der Waals surface area contributed by atoms with Crippen molar-refractivity contribution < 1.29 is 13.5 Å². The van der Waals surface area contributed by atoms with Crippen molar-refractivity contribution in [1.29, 1.82) is 0 Å². The molecular formula is C19H22FN3O3. The molecule has 0 spiro atoms. The van der Waals surface area contributed by atoms with Crippen LogP contribution in [0.3, 0.4) is 0 Å². The number of halogens is 1. The fourth-order valence-corrected chi connectivity index (χ4v) is 3.72. The van der Waals surface area contributed by atoms with Gasteiger partial charge in [-0.1, -0.05) is 0 Å². The van der Waals surface area contributed by atoms with Gasteiger partial charge in [0.15, 0.2) is 0 Å². The Bertz CT molecular complexity index is 1030. The number of hydrogen-bond donors (Lipinski definition) is 1. The van der Waals surface area contributed by atoms with Crippen LogP contribution in [0.2, 0.25) is 0 Å². The Morgan fingerprint density at radius 1 is 1.38 bits per heavy atom. The van der Waals surface area contributed by atoms with Gasteiger partial charge in [-0.15, -0.1) is 0 Å². The molecule has 1 aliphatic rings. The van der Waals surface area contributed by atoms with Crippen LogP contribution in [0.5, 0.6) is 5.75 Å². The van der Waals surface area contributed by atoms with Crippen molar-refractivity contribution in [1.82, 2.24) is 14.9 Å². The summed E-state index contributed by atoms with van der Waals surface area (Å²) >= 11 is 0. The fourth-order valence-electron chi connectivity index (χ4n) is 3.72. The van der Waals surface area contributed by atoms with Gasteiger partial charge in [0.2, 0.25) is 5.58 Å². The summed E-state index contributed by atoms with van der Waals surface area (Å²) in [5.41, 5.74) is 0.637. The predicted molar refractivity (Wildman–Crippen MR) is 97.4 cm³/mol. The summed E-state index contributed by atoms with van der Waals surface area (Å²) in [4.78, 5) is 22.1. The van der Waals surface area contributed by atoms with Crippen LogP contribution >= 0.6 is 0 Å². The lowest BCUT2D eigenvalue weighted by molar-refractivity contribution is 0.112. The van der Waals surface area contributed by atoms with Gasteiger partial charge in [-0.2, -0.15) is 0 Å². The molecule has 26 heavy (non-hydrogen) atoms. The molecule has 0 radical (unpaired) electrons. The fraction of sp³-hybridized carbons (Fsp3) is 0.474. The Hall–Kier alpha value is -2.41. The summed E-state index contributed by atoms with van der Waals surface area (Å²) in [7, 11) is 1.58. The van der Waals surface area contributed by atoms with Crippen LogP contribution < -0.4 is 10.3 Å². The van der Waals surface area contributed by atoms with E-state index in [-0.39, 0.29) is 22.7 Å². The molecule has 0 unspecified atom stereocenters. The summed E-state index contributed by atoms with van der Waals surface area (Å²) < 4.78 is 25.1. The van der Waals surface area contributed by atoms with Crippen molar-refractivity contribution in [2.24, 2.45) is 0 Å². The average Bonchev–Trinajstić information content (AvgIpc) is 3.15. The molecule has 0 bridgehead atoms. The van der Waals surface area contributed by atoms with E-state index >= 15 is 0 Å². The largest absolute Gasteiger partial charge is 0.497 e. The summed E-state index contributed by atoms with van der Waals surface area (Å²) in [6, 6.07) is 5.04. The van der Waals surface area contributed by atoms with Crippen LogP contribution in [0.25, 0.3) is 22.1 Å². The van der Waals surface area contributed by atoms with Crippen LogP contribution in [-0.4, -0.2) is 40.2 Å². The molecule has 138 valence electrons. The van der Waals surface area contributed by atoms with Gasteiger partial charge in [-0.3, -0.25) is 9.69 Å². The molecule has 6 nitrogen and oxygen atoms in total. The number of fused-ring (bicyclic) bond motifs is 3. The second-order valence-corrected chi connectivity index (χ2v) is 7.77. The highest BCUT2D eigenvalue weighted by molar-refractivity contribution is 6.02. The number of alkyl halides is 1. The smallest absolute Gasteiger partial charge is 0.294 e. The molecule has 3 aromatic rings. The number of benzene rings is 1. The minimum atomic E-state index is -0.943. The molecular weight excluding hydrogens is 337 g/mol. The van der Waals surface area contributed by atoms with Crippen molar-refractivity contribution in [2.45, 2.75) is 44.9 Å². The number of H-pyrrole nitrogens is 1. The molecule has 2 aromatic heterocycles. The number of likely N-dealkylation sites (tertiary alicyclic amines) is 1. The number of aromatic nitrogens is 2. The normalized spacial score (nSPS) is 21.7. The first-order chi connectivity index (χ1) is 12.3. The monoisotopic (exact) mass is 359 g/mol. The van der Waals surface area contributed by atoms with Gasteiger partial charge in [0.05, 0.1) is 18.5 Å². The topological polar surface area (TPSA) is 71.4 Å². The zero-order valence-electron chi connectivity index (χ0n) is 15.3. The molecule has 2 atom stereocenters. The molecule has 0 aliphatic carbocycles. The molecule has 1 aromatic carbocycles. The van der Waals surface area contributed by atoms with E-state index < -0.39 is 6.17 Å². The van der Waals surface area contributed by atoms with Crippen LogP contribution in [0.4, 0.5) is 4.39 Å². The lowest BCUT2D eigenvalue weighted by Gasteiger charge is -2.36. The Kier molecular flexibility index (Phi) is 3.80. The maximum atomic E-state index is 14.1. The number of methoxy groups -OCH3 is 1. The van der Waals surface area contributed by atoms with Crippen LogP contribution in [0.15, 0.2) is 27.4 Å². The van der Waals surface area contributed by atoms with Crippen molar-refractivity contribution in [2.75, 3.05) is 13.7 Å². The van der Waals surface area contributed by atoms with Crippen molar-refractivity contribution in [3.8, 4) is 5.75 Å². The highest BCUT2D eigenvalue weighted by Gasteiger charge is 2.40. The Morgan fingerprint density at radius 2 is 2.15 bits per heavy atom. The first kappa shape index (κ1) is 17.0. The molecule has 1 aliphatic heterocycles. The van der Waals surface area contributed by atoms with Gasteiger partial charge < -0.3 is 14.1 Å². The van der Waals surface area contributed by atoms with Gasteiger partial charge in [-0.05, 0) is 39.0 Å². The summed E-state index contributed by atoms with van der Waals surface area (Å²) in [5, 5.41) is 0.712. The van der Waals surface area contributed by atoms with Crippen molar-refractivity contribution in [3.05, 3.63) is 34.4 Å². The molecule has 1 fully saturated rings. The Balaban J connectivity index is 1.91. The SMILES string of the molecule is COc1ccc2oc3c(=O)[nH]c([C@H]4C[C@H](F)CN4C(C)(C)C)nc3c2c1. The van der Waals surface area contributed by atoms with Gasteiger partial charge in [0.25, 0.3) is 5.56 Å². The number of hydrogen-bond acceptors (Lipinski definition) is 5. The third-order valence-corrected chi connectivity index (χ3v) is 4.98. The molecule has 1 N–H and O–H groups in total. The van der Waals surface area contributed by atoms with Crippen LogP contribution in [0.1, 0.15) is 39.1 Å². The third-order valence-electron chi connectivity index (χ3n) is 4.98. The Labute approximate surface area is 150 Å². The zero-order chi connectivity index (χ0) is 18.6. The summed E-state index contributed by atoms with van der Waals surface area (Å²) in [6.45, 7) is 6.43. The summed E-state index contributed by atoms with van der Waals surface area (Å²) in [5.74, 6) is 1.13. The summed E-state index contributed by atoms with van der Waals surface area (Å²) in [6.07, 6.45) is -0.633. The van der Waals surface area contributed by atoms with E-state index in [0.717, 1.165) is 0 Å². The molecule has 0 amide bonds. The minimum absolute atomic E-state index is 0.175. The average molecular weight is 359 g/mol. The maximum Gasteiger partial charge on any atom is 0.294 e. The maximum absolute atomic E-state index is 14.1. The minimum Gasteiger partial charge on any atom is -0.497 e. The molecule has 0 saturated carbocycles. The lowest BCUT2D eigenvalue weighted by Crippen LogP contribution is -2.42. The Morgan fingerprint density at radius 3 is 2.85 bits per heavy atom. The van der Waals surface area contributed by atoms with E-state index in [1.807, 2.05) is 25.7 Å². The van der Waals surface area contributed by atoms with Crippen molar-refractivity contribution in [3.63, 3.8) is 0 Å². The lowest BCUT2D eigenvalue weighted by atomic mass is 10.0. The van der Waals surface area contributed by atoms with E-state index in [1.54, 1.807) is 25.3 Å². The third kappa shape index (κ3) is 2.67. The first-order valence-electron chi connectivity index (χ1n) is 8.69. The number of aromatic amines is 1. The quantitative estimate of drug-likeness (QED) is 0.757. The number of nitrogens with one attached hydrogen (secondary N) is 1. The van der Waals surface area contributed by atoms with E-state index in [1.165, 1.54) is 0 Å². The van der Waals surface area contributed by atoms with E-state index in [4.69, 9.17) is 9.15 Å². The van der Waals surface area contributed by atoms with Gasteiger partial charge in [0, 0.05) is 18.5 Å². The number of nitrogens with zero attached hydrogens (tertiary/aromatic N) is 2. The standard InChI is InChI=1S/C19H22FN3O3/c1-19(2,3)23-9-10(20)7-13(23)17-21-15-12-8-11(25-4)5-6-14(12)26-16(15)18(24)22-17/h5-6,8,10,13H,7,9H2,1-4H3,(H,21,22,24)/t10-,13+/m0/s1. The number of rotatable bonds is 2. The molecule has 7 heteroatoms. The number of furan rings is 1. The van der Waals surface area contributed by atoms with E-state index in [2.05, 4.69) is 9.97 Å².